The van der Waals surface area contributed by atoms with Crippen LogP contribution in [0, 0.1) is 24.0 Å². The molecule has 0 aromatic carbocycles. The Bertz CT molecular complexity index is 777. The molecular formula is C19H32N6O5. The summed E-state index contributed by atoms with van der Waals surface area (Å²) in [5.41, 5.74) is 0.129. The minimum absolute atomic E-state index is 0.0466. The molecular weight excluding hydrogens is 392 g/mol. The number of rotatable bonds is 7. The van der Waals surface area contributed by atoms with Crippen LogP contribution in [-0.2, 0) is 16.1 Å². The van der Waals surface area contributed by atoms with E-state index in [4.69, 9.17) is 4.74 Å². The molecule has 1 aromatic rings. The largest absolute Gasteiger partial charge is 0.444 e. The summed E-state index contributed by atoms with van der Waals surface area (Å²) in [6.07, 6.45) is 0.494. The molecule has 1 aliphatic rings. The van der Waals surface area contributed by atoms with Crippen LogP contribution < -0.4 is 5.32 Å². The summed E-state index contributed by atoms with van der Waals surface area (Å²) in [4.78, 5) is 38.7. The average molecular weight is 425 g/mol. The standard InChI is InChI=1S/C19H32N6O5/c1-14-17(25(28)29)15(2)24(21-14)13-16(26)20-7-6-8-22-9-11-23(12-10-22)18(27)30-19(3,4)5/h6-13H2,1-5H3,(H,20,26). The van der Waals surface area contributed by atoms with E-state index in [-0.39, 0.29) is 24.2 Å². The van der Waals surface area contributed by atoms with Crippen LogP contribution >= 0.6 is 0 Å². The zero-order valence-corrected chi connectivity index (χ0v) is 18.4. The molecule has 0 unspecified atom stereocenters. The van der Waals surface area contributed by atoms with Crippen LogP contribution in [0.3, 0.4) is 0 Å². The Morgan fingerprint density at radius 3 is 2.37 bits per heavy atom. The molecule has 11 nitrogen and oxygen atoms in total. The summed E-state index contributed by atoms with van der Waals surface area (Å²) in [5, 5.41) is 17.9. The van der Waals surface area contributed by atoms with E-state index < -0.39 is 10.5 Å². The number of amides is 2. The molecule has 0 atom stereocenters. The quantitative estimate of drug-likeness (QED) is 0.399. The minimum atomic E-state index is -0.495. The fourth-order valence-corrected chi connectivity index (χ4v) is 3.31. The van der Waals surface area contributed by atoms with E-state index in [1.807, 2.05) is 20.8 Å². The molecule has 168 valence electrons. The summed E-state index contributed by atoms with van der Waals surface area (Å²) in [7, 11) is 0. The lowest BCUT2D eigenvalue weighted by molar-refractivity contribution is -0.386. The van der Waals surface area contributed by atoms with Gasteiger partial charge in [-0.3, -0.25) is 24.5 Å². The Morgan fingerprint density at radius 2 is 1.83 bits per heavy atom. The fraction of sp³-hybridized carbons (Fsp3) is 0.737. The Hall–Kier alpha value is -2.69. The number of carbonyl (C=O) groups is 2. The zero-order chi connectivity index (χ0) is 22.5. The number of hydrogen-bond donors (Lipinski definition) is 1. The average Bonchev–Trinajstić information content (AvgIpc) is 2.91. The summed E-state index contributed by atoms with van der Waals surface area (Å²) in [6, 6.07) is 0. The number of nitro groups is 1. The molecule has 0 spiro atoms. The van der Waals surface area contributed by atoms with E-state index >= 15 is 0 Å². The normalized spacial score (nSPS) is 15.2. The molecule has 0 bridgehead atoms. The highest BCUT2D eigenvalue weighted by Crippen LogP contribution is 2.21. The van der Waals surface area contributed by atoms with Gasteiger partial charge in [-0.1, -0.05) is 0 Å². The van der Waals surface area contributed by atoms with Gasteiger partial charge < -0.3 is 15.0 Å². The van der Waals surface area contributed by atoms with E-state index in [2.05, 4.69) is 15.3 Å². The Balaban J connectivity index is 1.67. The van der Waals surface area contributed by atoms with Gasteiger partial charge in [-0.2, -0.15) is 5.10 Å². The lowest BCUT2D eigenvalue weighted by Crippen LogP contribution is -2.50. The summed E-state index contributed by atoms with van der Waals surface area (Å²) in [6.45, 7) is 12.8. The van der Waals surface area contributed by atoms with Gasteiger partial charge >= 0.3 is 11.8 Å². The van der Waals surface area contributed by atoms with Gasteiger partial charge in [0.1, 0.15) is 23.5 Å². The number of ether oxygens (including phenoxy) is 1. The van der Waals surface area contributed by atoms with Gasteiger partial charge in [0, 0.05) is 32.7 Å². The summed E-state index contributed by atoms with van der Waals surface area (Å²) >= 11 is 0. The molecule has 1 aromatic heterocycles. The summed E-state index contributed by atoms with van der Waals surface area (Å²) in [5.74, 6) is -0.231. The number of piperazine rings is 1. The first-order chi connectivity index (χ1) is 14.0. The highest BCUT2D eigenvalue weighted by molar-refractivity contribution is 5.75. The SMILES string of the molecule is Cc1nn(CC(=O)NCCCN2CCN(C(=O)OC(C)(C)C)CC2)c(C)c1[N+](=O)[O-]. The van der Waals surface area contributed by atoms with Gasteiger partial charge in [-0.15, -0.1) is 0 Å². The maximum absolute atomic E-state index is 12.1. The van der Waals surface area contributed by atoms with Crippen molar-refractivity contribution in [3.8, 4) is 0 Å². The van der Waals surface area contributed by atoms with Gasteiger partial charge in [-0.05, 0) is 47.6 Å². The second-order valence-electron chi connectivity index (χ2n) is 8.45. The van der Waals surface area contributed by atoms with Crippen LogP contribution in [0.2, 0.25) is 0 Å². The van der Waals surface area contributed by atoms with E-state index in [0.29, 0.717) is 31.0 Å². The molecule has 1 N–H and O–H groups in total. The smallest absolute Gasteiger partial charge is 0.410 e. The number of nitrogens with one attached hydrogen (secondary N) is 1. The minimum Gasteiger partial charge on any atom is -0.444 e. The third kappa shape index (κ3) is 6.68. The van der Waals surface area contributed by atoms with Crippen molar-refractivity contribution in [2.24, 2.45) is 0 Å². The van der Waals surface area contributed by atoms with Crippen molar-refractivity contribution >= 4 is 17.7 Å². The van der Waals surface area contributed by atoms with Crippen LogP contribution in [-0.4, -0.2) is 81.4 Å². The van der Waals surface area contributed by atoms with Crippen molar-refractivity contribution in [3.05, 3.63) is 21.5 Å². The van der Waals surface area contributed by atoms with Crippen LogP contribution in [0.4, 0.5) is 10.5 Å². The number of hydrogen-bond acceptors (Lipinski definition) is 7. The molecule has 11 heteroatoms. The van der Waals surface area contributed by atoms with Crippen molar-refractivity contribution in [2.45, 2.75) is 53.2 Å². The van der Waals surface area contributed by atoms with Crippen LogP contribution in [0.5, 0.6) is 0 Å². The van der Waals surface area contributed by atoms with E-state index in [1.165, 1.54) is 4.68 Å². The number of aryl methyl sites for hydroxylation is 1. The first-order valence-corrected chi connectivity index (χ1v) is 10.1. The fourth-order valence-electron chi connectivity index (χ4n) is 3.31. The highest BCUT2D eigenvalue weighted by Gasteiger charge is 2.26. The first-order valence-electron chi connectivity index (χ1n) is 10.1. The molecule has 30 heavy (non-hydrogen) atoms. The third-order valence-corrected chi connectivity index (χ3v) is 4.82. The molecule has 1 aliphatic heterocycles. The molecule has 0 saturated carbocycles. The first kappa shape index (κ1) is 23.6. The van der Waals surface area contributed by atoms with Crippen molar-refractivity contribution in [1.29, 1.82) is 0 Å². The zero-order valence-electron chi connectivity index (χ0n) is 18.4. The predicted octanol–water partition coefficient (Wildman–Crippen LogP) is 1.47. The van der Waals surface area contributed by atoms with Crippen molar-refractivity contribution < 1.29 is 19.2 Å². The second-order valence-corrected chi connectivity index (χ2v) is 8.45. The van der Waals surface area contributed by atoms with Gasteiger partial charge in [0.25, 0.3) is 0 Å². The molecule has 1 fully saturated rings. The molecule has 0 radical (unpaired) electrons. The molecule has 1 saturated heterocycles. The Labute approximate surface area is 176 Å². The number of carbonyl (C=O) groups excluding carboxylic acids is 2. The van der Waals surface area contributed by atoms with Crippen molar-refractivity contribution in [2.75, 3.05) is 39.3 Å². The number of aromatic nitrogens is 2. The van der Waals surface area contributed by atoms with Crippen molar-refractivity contribution in [3.63, 3.8) is 0 Å². The Kier molecular flexibility index (Phi) is 7.77. The molecule has 2 heterocycles. The van der Waals surface area contributed by atoms with Gasteiger partial charge in [-0.25, -0.2) is 4.79 Å². The predicted molar refractivity (Wildman–Crippen MR) is 110 cm³/mol. The molecule has 2 amide bonds. The van der Waals surface area contributed by atoms with E-state index in [9.17, 15) is 19.7 Å². The second kappa shape index (κ2) is 9.88. The lowest BCUT2D eigenvalue weighted by atomic mass is 10.2. The van der Waals surface area contributed by atoms with Crippen LogP contribution in [0.25, 0.3) is 0 Å². The third-order valence-electron chi connectivity index (χ3n) is 4.82. The number of nitrogens with zero attached hydrogens (tertiary/aromatic N) is 5. The Morgan fingerprint density at radius 1 is 1.20 bits per heavy atom. The maximum Gasteiger partial charge on any atom is 0.410 e. The van der Waals surface area contributed by atoms with Gasteiger partial charge in [0.2, 0.25) is 5.91 Å². The van der Waals surface area contributed by atoms with Gasteiger partial charge in [0.05, 0.1) is 4.92 Å². The highest BCUT2D eigenvalue weighted by atomic mass is 16.6. The lowest BCUT2D eigenvalue weighted by Gasteiger charge is -2.35. The monoisotopic (exact) mass is 424 g/mol. The molecule has 2 rings (SSSR count). The van der Waals surface area contributed by atoms with E-state index in [1.54, 1.807) is 18.7 Å². The molecule has 0 aliphatic carbocycles. The van der Waals surface area contributed by atoms with Gasteiger partial charge in [0.15, 0.2) is 0 Å². The summed E-state index contributed by atoms with van der Waals surface area (Å²) < 4.78 is 6.75. The van der Waals surface area contributed by atoms with E-state index in [0.717, 1.165) is 26.1 Å². The maximum atomic E-state index is 12.1. The van der Waals surface area contributed by atoms with Crippen molar-refractivity contribution in [1.82, 2.24) is 24.9 Å². The topological polar surface area (TPSA) is 123 Å². The van der Waals surface area contributed by atoms with Crippen LogP contribution in [0.1, 0.15) is 38.6 Å². The van der Waals surface area contributed by atoms with Crippen LogP contribution in [0.15, 0.2) is 0 Å².